The summed E-state index contributed by atoms with van der Waals surface area (Å²) >= 11 is 2.61. The highest BCUT2D eigenvalue weighted by molar-refractivity contribution is 8.02. The average Bonchev–Trinajstić information content (AvgIpc) is 3.40. The average molecular weight is 420 g/mol. The Morgan fingerprint density at radius 1 is 1.29 bits per heavy atom. The van der Waals surface area contributed by atoms with Gasteiger partial charge in [0.05, 0.1) is 5.25 Å². The monoisotopic (exact) mass is 419 g/mol. The second-order valence-corrected chi connectivity index (χ2v) is 8.93. The Kier molecular flexibility index (Phi) is 6.30. The van der Waals surface area contributed by atoms with Crippen LogP contribution in [0.25, 0.3) is 0 Å². The minimum absolute atomic E-state index is 0.0420. The zero-order valence-corrected chi connectivity index (χ0v) is 17.2. The summed E-state index contributed by atoms with van der Waals surface area (Å²) in [6.07, 6.45) is 2.40. The molecule has 1 saturated carbocycles. The quantitative estimate of drug-likeness (QED) is 0.502. The first-order chi connectivity index (χ1) is 13.4. The van der Waals surface area contributed by atoms with Crippen LogP contribution in [0, 0.1) is 0 Å². The van der Waals surface area contributed by atoms with Crippen molar-refractivity contribution in [1.82, 2.24) is 10.2 Å². The van der Waals surface area contributed by atoms with Gasteiger partial charge in [0, 0.05) is 23.7 Å². The van der Waals surface area contributed by atoms with Crippen LogP contribution in [-0.2, 0) is 9.59 Å². The molecule has 0 aliphatic heterocycles. The summed E-state index contributed by atoms with van der Waals surface area (Å²) < 4.78 is 0.635. The Balaban J connectivity index is 1.60. The fourth-order valence-electron chi connectivity index (χ4n) is 2.48. The summed E-state index contributed by atoms with van der Waals surface area (Å²) in [7, 11) is 0. The number of benzene rings is 1. The number of nitrogens with zero attached hydrogens (tertiary/aromatic N) is 3. The molecule has 3 N–H and O–H groups in total. The topological polar surface area (TPSA) is 118 Å². The maximum absolute atomic E-state index is 12.4. The second-order valence-electron chi connectivity index (χ2n) is 6.39. The van der Waals surface area contributed by atoms with E-state index in [0.29, 0.717) is 27.1 Å². The van der Waals surface area contributed by atoms with Crippen molar-refractivity contribution in [2.75, 3.05) is 10.2 Å². The number of nitrogens with one attached hydrogen (secondary N) is 1. The first-order valence-electron chi connectivity index (χ1n) is 8.92. The second kappa shape index (κ2) is 8.70. The summed E-state index contributed by atoms with van der Waals surface area (Å²) in [5.41, 5.74) is 6.16. The summed E-state index contributed by atoms with van der Waals surface area (Å²) in [5, 5.41) is 11.3. The number of amides is 3. The van der Waals surface area contributed by atoms with Crippen LogP contribution in [0.3, 0.4) is 0 Å². The van der Waals surface area contributed by atoms with E-state index in [-0.39, 0.29) is 17.9 Å². The third kappa shape index (κ3) is 4.87. The lowest BCUT2D eigenvalue weighted by Gasteiger charge is -2.17. The Bertz CT molecular complexity index is 880. The lowest BCUT2D eigenvalue weighted by atomic mass is 10.2. The highest BCUT2D eigenvalue weighted by Gasteiger charge is 2.35. The summed E-state index contributed by atoms with van der Waals surface area (Å²) in [6, 6.07) is 6.60. The number of nitrogens with two attached hydrogens (primary N) is 1. The number of thioether (sulfide) groups is 1. The van der Waals surface area contributed by atoms with E-state index in [1.807, 2.05) is 6.92 Å². The molecule has 0 saturated heterocycles. The van der Waals surface area contributed by atoms with Gasteiger partial charge in [-0.1, -0.05) is 30.0 Å². The Morgan fingerprint density at radius 2 is 1.96 bits per heavy atom. The van der Waals surface area contributed by atoms with Gasteiger partial charge < -0.3 is 11.1 Å². The van der Waals surface area contributed by atoms with Gasteiger partial charge in [-0.3, -0.25) is 19.3 Å². The highest BCUT2D eigenvalue weighted by Crippen LogP contribution is 2.37. The molecule has 3 rings (SSSR count). The van der Waals surface area contributed by atoms with E-state index in [1.54, 1.807) is 36.1 Å². The van der Waals surface area contributed by atoms with Gasteiger partial charge in [-0.2, -0.15) is 0 Å². The molecule has 1 fully saturated rings. The molecule has 2 aromatic rings. The molecule has 1 heterocycles. The number of anilines is 2. The van der Waals surface area contributed by atoms with Crippen LogP contribution in [0.4, 0.5) is 10.8 Å². The molecule has 0 spiro atoms. The first-order valence-corrected chi connectivity index (χ1v) is 10.6. The van der Waals surface area contributed by atoms with E-state index in [0.717, 1.165) is 12.8 Å². The summed E-state index contributed by atoms with van der Waals surface area (Å²) in [6.45, 7) is 3.60. The van der Waals surface area contributed by atoms with E-state index in [2.05, 4.69) is 15.5 Å². The van der Waals surface area contributed by atoms with Crippen LogP contribution >= 0.6 is 23.1 Å². The van der Waals surface area contributed by atoms with Crippen molar-refractivity contribution < 1.29 is 14.4 Å². The predicted molar refractivity (Wildman–Crippen MR) is 110 cm³/mol. The van der Waals surface area contributed by atoms with Gasteiger partial charge in [0.2, 0.25) is 22.9 Å². The number of primary amides is 1. The van der Waals surface area contributed by atoms with Crippen LogP contribution < -0.4 is 16.0 Å². The fourth-order valence-corrected chi connectivity index (χ4v) is 4.56. The molecule has 1 aliphatic rings. The molecule has 0 radical (unpaired) electrons. The predicted octanol–water partition coefficient (Wildman–Crippen LogP) is 2.66. The number of hydrogen-bond acceptors (Lipinski definition) is 7. The molecule has 0 unspecified atom stereocenters. The highest BCUT2D eigenvalue weighted by atomic mass is 32.2. The lowest BCUT2D eigenvalue weighted by molar-refractivity contribution is -0.118. The molecule has 1 aliphatic carbocycles. The van der Waals surface area contributed by atoms with E-state index in [4.69, 9.17) is 5.73 Å². The number of rotatable bonds is 8. The zero-order valence-electron chi connectivity index (χ0n) is 15.5. The first kappa shape index (κ1) is 20.3. The number of aromatic nitrogens is 2. The molecule has 0 bridgehead atoms. The molecular formula is C18H21N5O3S2. The van der Waals surface area contributed by atoms with Crippen molar-refractivity contribution in [3.63, 3.8) is 0 Å². The third-order valence-electron chi connectivity index (χ3n) is 4.17. The van der Waals surface area contributed by atoms with Gasteiger partial charge in [0.15, 0.2) is 4.34 Å². The Labute approximate surface area is 170 Å². The lowest BCUT2D eigenvalue weighted by Crippen LogP contribution is -2.32. The van der Waals surface area contributed by atoms with Crippen LogP contribution in [0.15, 0.2) is 28.6 Å². The van der Waals surface area contributed by atoms with Crippen LogP contribution in [0.1, 0.15) is 43.5 Å². The molecule has 8 nitrogen and oxygen atoms in total. The maximum Gasteiger partial charge on any atom is 0.248 e. The number of carbonyl (C=O) groups excluding carboxylic acids is 3. The van der Waals surface area contributed by atoms with E-state index in [1.165, 1.54) is 23.1 Å². The smallest absolute Gasteiger partial charge is 0.248 e. The van der Waals surface area contributed by atoms with Crippen molar-refractivity contribution in [3.05, 3.63) is 29.8 Å². The standard InChI is InChI=1S/C18H21N5O3S2/c1-3-14(24)23(13-8-9-13)17-21-22-18(28-17)27-10(2)16(26)20-12-6-4-11(5-7-12)15(19)25/h4-7,10,13H,3,8-9H2,1-2H3,(H2,19,25)(H,20,26)/t10-/m1/s1. The molecule has 28 heavy (non-hydrogen) atoms. The van der Waals surface area contributed by atoms with Gasteiger partial charge in [0.25, 0.3) is 0 Å². The zero-order chi connectivity index (χ0) is 20.3. The number of carbonyl (C=O) groups is 3. The fraction of sp³-hybridized carbons (Fsp3) is 0.389. The van der Waals surface area contributed by atoms with E-state index in [9.17, 15) is 14.4 Å². The largest absolute Gasteiger partial charge is 0.366 e. The van der Waals surface area contributed by atoms with Crippen molar-refractivity contribution in [3.8, 4) is 0 Å². The molecule has 3 amide bonds. The van der Waals surface area contributed by atoms with E-state index < -0.39 is 11.2 Å². The third-order valence-corrected chi connectivity index (χ3v) is 6.28. The van der Waals surface area contributed by atoms with Gasteiger partial charge in [-0.25, -0.2) is 0 Å². The molecule has 10 heteroatoms. The van der Waals surface area contributed by atoms with Crippen molar-refractivity contribution in [2.45, 2.75) is 48.7 Å². The van der Waals surface area contributed by atoms with E-state index >= 15 is 0 Å². The Morgan fingerprint density at radius 3 is 2.54 bits per heavy atom. The SMILES string of the molecule is CCC(=O)N(c1nnc(S[C@H](C)C(=O)Nc2ccc(C(N)=O)cc2)s1)C1CC1. The Hall–Kier alpha value is -2.46. The number of hydrogen-bond donors (Lipinski definition) is 2. The van der Waals surface area contributed by atoms with Crippen LogP contribution in [-0.4, -0.2) is 39.2 Å². The van der Waals surface area contributed by atoms with Gasteiger partial charge in [0.1, 0.15) is 0 Å². The minimum atomic E-state index is -0.518. The van der Waals surface area contributed by atoms with Crippen LogP contribution in [0.5, 0.6) is 0 Å². The minimum Gasteiger partial charge on any atom is -0.366 e. The molecule has 1 aromatic heterocycles. The van der Waals surface area contributed by atoms with Crippen molar-refractivity contribution >= 4 is 51.6 Å². The van der Waals surface area contributed by atoms with Gasteiger partial charge in [-0.05, 0) is 44.0 Å². The molecule has 1 aromatic carbocycles. The van der Waals surface area contributed by atoms with Gasteiger partial charge in [-0.15, -0.1) is 10.2 Å². The molecular weight excluding hydrogens is 398 g/mol. The van der Waals surface area contributed by atoms with Gasteiger partial charge >= 0.3 is 0 Å². The van der Waals surface area contributed by atoms with Crippen molar-refractivity contribution in [1.29, 1.82) is 0 Å². The van der Waals surface area contributed by atoms with Crippen molar-refractivity contribution in [2.24, 2.45) is 5.73 Å². The normalized spacial score (nSPS) is 14.4. The maximum atomic E-state index is 12.4. The summed E-state index contributed by atoms with van der Waals surface area (Å²) in [4.78, 5) is 37.4. The molecule has 148 valence electrons. The van der Waals surface area contributed by atoms with Crippen LogP contribution in [0.2, 0.25) is 0 Å². The molecule has 1 atom stereocenters. The summed E-state index contributed by atoms with van der Waals surface area (Å²) in [5.74, 6) is -0.673.